The van der Waals surface area contributed by atoms with Crippen molar-refractivity contribution >= 4 is 0 Å². The maximum atomic E-state index is 5.25. The van der Waals surface area contributed by atoms with Crippen LogP contribution < -0.4 is 5.32 Å². The molecule has 108 valence electrons. The van der Waals surface area contributed by atoms with E-state index in [1.807, 2.05) is 6.07 Å². The van der Waals surface area contributed by atoms with Crippen LogP contribution >= 0.6 is 0 Å². The molecule has 0 aliphatic heterocycles. The molecule has 2 rings (SSSR count). The second-order valence-electron chi connectivity index (χ2n) is 5.24. The lowest BCUT2D eigenvalue weighted by molar-refractivity contribution is 0.117. The number of rotatable bonds is 6. The average molecular weight is 272 g/mol. The molecule has 3 nitrogen and oxygen atoms in total. The van der Waals surface area contributed by atoms with Gasteiger partial charge in [0.05, 0.1) is 6.10 Å². The van der Waals surface area contributed by atoms with Gasteiger partial charge in [0.2, 0.25) is 0 Å². The summed E-state index contributed by atoms with van der Waals surface area (Å²) in [6.07, 6.45) is 0.243. The van der Waals surface area contributed by atoms with E-state index in [2.05, 4.69) is 61.0 Å². The quantitative estimate of drug-likeness (QED) is 0.874. The Morgan fingerprint density at radius 1 is 1.20 bits per heavy atom. The lowest BCUT2D eigenvalue weighted by atomic mass is 10.2. The Morgan fingerprint density at radius 3 is 2.55 bits per heavy atom. The fourth-order valence-electron chi connectivity index (χ4n) is 2.48. The molecule has 0 bridgehead atoms. The summed E-state index contributed by atoms with van der Waals surface area (Å²) in [5.41, 5.74) is 5.13. The lowest BCUT2D eigenvalue weighted by Crippen LogP contribution is -2.25. The van der Waals surface area contributed by atoms with Gasteiger partial charge in [0, 0.05) is 37.3 Å². The van der Waals surface area contributed by atoms with Gasteiger partial charge in [-0.15, -0.1) is 0 Å². The Kier molecular flexibility index (Phi) is 4.99. The zero-order chi connectivity index (χ0) is 14.5. The summed E-state index contributed by atoms with van der Waals surface area (Å²) in [6.45, 7) is 8.14. The number of nitrogens with one attached hydrogen (secondary N) is 1. The number of hydrogen-bond donors (Lipinski definition) is 1. The first kappa shape index (κ1) is 14.8. The standard InChI is InChI=1S/C17H24N2O/c1-13-10-16(12-18-11-14(2)20-4)15(3)19(13)17-8-6-5-7-9-17/h5-10,14,18H,11-12H2,1-4H3. The number of hydrogen-bond acceptors (Lipinski definition) is 2. The second-order valence-corrected chi connectivity index (χ2v) is 5.24. The molecule has 3 heteroatoms. The van der Waals surface area contributed by atoms with E-state index in [1.165, 1.54) is 22.6 Å². The summed E-state index contributed by atoms with van der Waals surface area (Å²) in [5, 5.41) is 3.45. The molecule has 0 radical (unpaired) electrons. The van der Waals surface area contributed by atoms with Crippen molar-refractivity contribution in [3.05, 3.63) is 53.3 Å². The number of nitrogens with zero attached hydrogens (tertiary/aromatic N) is 1. The summed E-state index contributed by atoms with van der Waals surface area (Å²) in [7, 11) is 1.74. The van der Waals surface area contributed by atoms with Gasteiger partial charge in [0.25, 0.3) is 0 Å². The van der Waals surface area contributed by atoms with Gasteiger partial charge >= 0.3 is 0 Å². The zero-order valence-corrected chi connectivity index (χ0v) is 12.8. The van der Waals surface area contributed by atoms with Crippen molar-refractivity contribution in [2.75, 3.05) is 13.7 Å². The molecular formula is C17H24N2O. The zero-order valence-electron chi connectivity index (χ0n) is 12.8. The molecule has 0 spiro atoms. The largest absolute Gasteiger partial charge is 0.380 e. The summed E-state index contributed by atoms with van der Waals surface area (Å²) in [4.78, 5) is 0. The number of aryl methyl sites for hydroxylation is 1. The highest BCUT2D eigenvalue weighted by Gasteiger charge is 2.10. The first-order valence-electron chi connectivity index (χ1n) is 7.10. The highest BCUT2D eigenvalue weighted by Crippen LogP contribution is 2.20. The SMILES string of the molecule is COC(C)CNCc1cc(C)n(-c2ccccc2)c1C. The van der Waals surface area contributed by atoms with E-state index in [1.54, 1.807) is 7.11 Å². The molecule has 1 aromatic heterocycles. The molecule has 0 amide bonds. The summed E-state index contributed by atoms with van der Waals surface area (Å²) >= 11 is 0. The maximum Gasteiger partial charge on any atom is 0.0667 e. The molecule has 1 heterocycles. The molecule has 1 atom stereocenters. The maximum absolute atomic E-state index is 5.25. The Morgan fingerprint density at radius 2 is 1.90 bits per heavy atom. The van der Waals surface area contributed by atoms with E-state index in [-0.39, 0.29) is 6.10 Å². The molecule has 1 unspecified atom stereocenters. The van der Waals surface area contributed by atoms with Gasteiger partial charge in [0.15, 0.2) is 0 Å². The number of benzene rings is 1. The second kappa shape index (κ2) is 6.73. The minimum Gasteiger partial charge on any atom is -0.380 e. The third kappa shape index (κ3) is 3.30. The van der Waals surface area contributed by atoms with Crippen LogP contribution in [0.2, 0.25) is 0 Å². The molecular weight excluding hydrogens is 248 g/mol. The monoisotopic (exact) mass is 272 g/mol. The van der Waals surface area contributed by atoms with Crippen molar-refractivity contribution in [1.82, 2.24) is 9.88 Å². The van der Waals surface area contributed by atoms with Crippen LogP contribution in [-0.4, -0.2) is 24.3 Å². The minimum atomic E-state index is 0.243. The van der Waals surface area contributed by atoms with Crippen LogP contribution in [0.1, 0.15) is 23.9 Å². The van der Waals surface area contributed by atoms with Gasteiger partial charge < -0.3 is 14.6 Å². The normalized spacial score (nSPS) is 12.6. The van der Waals surface area contributed by atoms with Gasteiger partial charge in [-0.3, -0.25) is 0 Å². The van der Waals surface area contributed by atoms with Crippen LogP contribution in [-0.2, 0) is 11.3 Å². The lowest BCUT2D eigenvalue weighted by Gasteiger charge is -2.12. The Balaban J connectivity index is 2.13. The number of ether oxygens (including phenoxy) is 1. The number of methoxy groups -OCH3 is 1. The topological polar surface area (TPSA) is 26.2 Å². The van der Waals surface area contributed by atoms with Gasteiger partial charge in [-0.2, -0.15) is 0 Å². The highest BCUT2D eigenvalue weighted by atomic mass is 16.5. The fraction of sp³-hybridized carbons (Fsp3) is 0.412. The molecule has 0 aliphatic carbocycles. The highest BCUT2D eigenvalue weighted by molar-refractivity contribution is 5.40. The Hall–Kier alpha value is -1.58. The van der Waals surface area contributed by atoms with E-state index in [4.69, 9.17) is 4.74 Å². The number of para-hydroxylation sites is 1. The van der Waals surface area contributed by atoms with Crippen molar-refractivity contribution < 1.29 is 4.74 Å². The average Bonchev–Trinajstić information content (AvgIpc) is 2.74. The Bertz CT molecular complexity index is 546. The molecule has 0 fully saturated rings. The van der Waals surface area contributed by atoms with Crippen LogP contribution in [0.5, 0.6) is 0 Å². The van der Waals surface area contributed by atoms with Gasteiger partial charge in [0.1, 0.15) is 0 Å². The van der Waals surface area contributed by atoms with Crippen LogP contribution in [0.4, 0.5) is 0 Å². The predicted molar refractivity (Wildman–Crippen MR) is 83.4 cm³/mol. The van der Waals surface area contributed by atoms with Crippen LogP contribution in [0, 0.1) is 13.8 Å². The third-order valence-corrected chi connectivity index (χ3v) is 3.70. The molecule has 20 heavy (non-hydrogen) atoms. The fourth-order valence-corrected chi connectivity index (χ4v) is 2.48. The van der Waals surface area contributed by atoms with Crippen molar-refractivity contribution in [3.8, 4) is 5.69 Å². The third-order valence-electron chi connectivity index (χ3n) is 3.70. The summed E-state index contributed by atoms with van der Waals surface area (Å²) < 4.78 is 7.55. The molecule has 0 saturated heterocycles. The van der Waals surface area contributed by atoms with Gasteiger partial charge in [-0.05, 0) is 44.5 Å². The van der Waals surface area contributed by atoms with E-state index in [0.29, 0.717) is 0 Å². The smallest absolute Gasteiger partial charge is 0.0667 e. The van der Waals surface area contributed by atoms with Crippen molar-refractivity contribution in [2.24, 2.45) is 0 Å². The first-order valence-corrected chi connectivity index (χ1v) is 7.10. The van der Waals surface area contributed by atoms with Crippen molar-refractivity contribution in [3.63, 3.8) is 0 Å². The predicted octanol–water partition coefficient (Wildman–Crippen LogP) is 3.22. The van der Waals surface area contributed by atoms with E-state index >= 15 is 0 Å². The van der Waals surface area contributed by atoms with E-state index in [9.17, 15) is 0 Å². The first-order chi connectivity index (χ1) is 9.63. The summed E-state index contributed by atoms with van der Waals surface area (Å²) in [5.74, 6) is 0. The molecule has 1 aromatic carbocycles. The van der Waals surface area contributed by atoms with Crippen LogP contribution in [0.25, 0.3) is 5.69 Å². The molecule has 0 aliphatic rings. The van der Waals surface area contributed by atoms with Gasteiger partial charge in [-0.25, -0.2) is 0 Å². The van der Waals surface area contributed by atoms with Gasteiger partial charge in [-0.1, -0.05) is 18.2 Å². The van der Waals surface area contributed by atoms with Crippen LogP contribution in [0.15, 0.2) is 36.4 Å². The minimum absolute atomic E-state index is 0.243. The van der Waals surface area contributed by atoms with E-state index in [0.717, 1.165) is 13.1 Å². The molecule has 1 N–H and O–H groups in total. The van der Waals surface area contributed by atoms with E-state index < -0.39 is 0 Å². The van der Waals surface area contributed by atoms with Crippen molar-refractivity contribution in [2.45, 2.75) is 33.4 Å². The molecule has 0 saturated carbocycles. The number of aromatic nitrogens is 1. The van der Waals surface area contributed by atoms with Crippen molar-refractivity contribution in [1.29, 1.82) is 0 Å². The van der Waals surface area contributed by atoms with Crippen LogP contribution in [0.3, 0.4) is 0 Å². The summed E-state index contributed by atoms with van der Waals surface area (Å²) in [6, 6.07) is 12.7. The molecule has 2 aromatic rings. The Labute approximate surface area is 121 Å².